The molecule has 0 saturated carbocycles. The van der Waals surface area contributed by atoms with E-state index in [2.05, 4.69) is 23.1 Å². The van der Waals surface area contributed by atoms with Crippen molar-refractivity contribution < 1.29 is 5.21 Å². The Labute approximate surface area is 110 Å². The van der Waals surface area contributed by atoms with Crippen LogP contribution < -0.4 is 5.73 Å². The zero-order chi connectivity index (χ0) is 13.0. The van der Waals surface area contributed by atoms with Crippen molar-refractivity contribution in [3.8, 4) is 0 Å². The van der Waals surface area contributed by atoms with Gasteiger partial charge in [0.2, 0.25) is 0 Å². The van der Waals surface area contributed by atoms with Gasteiger partial charge >= 0.3 is 0 Å². The number of aryl methyl sites for hydroxylation is 1. The topological polar surface area (TPSA) is 71.5 Å². The van der Waals surface area contributed by atoms with Crippen LogP contribution in [0.3, 0.4) is 0 Å². The summed E-state index contributed by atoms with van der Waals surface area (Å²) >= 11 is 1.55. The van der Waals surface area contributed by atoms with Crippen molar-refractivity contribution in [3.63, 3.8) is 0 Å². The molecule has 0 fully saturated rings. The van der Waals surface area contributed by atoms with Crippen LogP contribution in [0.5, 0.6) is 0 Å². The van der Waals surface area contributed by atoms with Gasteiger partial charge in [0.05, 0.1) is 0 Å². The summed E-state index contributed by atoms with van der Waals surface area (Å²) in [6, 6.07) is 11.6. The van der Waals surface area contributed by atoms with Crippen LogP contribution >= 0.6 is 11.8 Å². The first-order valence-corrected chi connectivity index (χ1v) is 6.20. The predicted octanol–water partition coefficient (Wildman–Crippen LogP) is 2.64. The molecule has 2 aromatic rings. The Morgan fingerprint density at radius 3 is 2.83 bits per heavy atom. The monoisotopic (exact) mass is 259 g/mol. The van der Waals surface area contributed by atoms with Gasteiger partial charge in [0, 0.05) is 16.7 Å². The van der Waals surface area contributed by atoms with Gasteiger partial charge in [-0.05, 0) is 30.7 Å². The molecule has 1 aromatic carbocycles. The first kappa shape index (κ1) is 12.4. The van der Waals surface area contributed by atoms with E-state index in [4.69, 9.17) is 10.9 Å². The number of pyridine rings is 1. The first-order valence-electron chi connectivity index (χ1n) is 5.38. The molecule has 0 saturated heterocycles. The highest BCUT2D eigenvalue weighted by molar-refractivity contribution is 7.99. The number of benzene rings is 1. The number of nitrogens with zero attached hydrogens (tertiary/aromatic N) is 2. The van der Waals surface area contributed by atoms with E-state index in [1.165, 1.54) is 5.56 Å². The van der Waals surface area contributed by atoms with Crippen LogP contribution in [0.4, 0.5) is 0 Å². The summed E-state index contributed by atoms with van der Waals surface area (Å²) < 4.78 is 0. The summed E-state index contributed by atoms with van der Waals surface area (Å²) in [6.07, 6.45) is 1.65. The molecule has 0 aliphatic carbocycles. The van der Waals surface area contributed by atoms with E-state index >= 15 is 0 Å². The van der Waals surface area contributed by atoms with E-state index in [0.29, 0.717) is 5.56 Å². The van der Waals surface area contributed by atoms with E-state index in [9.17, 15) is 0 Å². The summed E-state index contributed by atoms with van der Waals surface area (Å²) in [5, 5.41) is 12.4. The Bertz CT molecular complexity index is 584. The van der Waals surface area contributed by atoms with Crippen LogP contribution in [0.2, 0.25) is 0 Å². The number of oxime groups is 1. The summed E-state index contributed by atoms with van der Waals surface area (Å²) in [5.74, 6) is 0.0871. The van der Waals surface area contributed by atoms with Crippen molar-refractivity contribution in [1.82, 2.24) is 4.98 Å². The van der Waals surface area contributed by atoms with Gasteiger partial charge in [0.15, 0.2) is 5.84 Å². The van der Waals surface area contributed by atoms with Crippen molar-refractivity contribution in [3.05, 3.63) is 53.7 Å². The first-order chi connectivity index (χ1) is 8.70. The quantitative estimate of drug-likeness (QED) is 0.385. The number of hydrogen-bond donors (Lipinski definition) is 2. The molecule has 0 unspecified atom stereocenters. The highest BCUT2D eigenvalue weighted by atomic mass is 32.2. The molecule has 92 valence electrons. The third-order valence-electron chi connectivity index (χ3n) is 2.45. The Morgan fingerprint density at radius 1 is 1.33 bits per heavy atom. The number of hydrogen-bond acceptors (Lipinski definition) is 4. The molecular weight excluding hydrogens is 246 g/mol. The maximum atomic E-state index is 8.65. The second-order valence-corrected chi connectivity index (χ2v) is 4.80. The van der Waals surface area contributed by atoms with Gasteiger partial charge < -0.3 is 10.9 Å². The molecular formula is C13H13N3OS. The standard InChI is InChI=1S/C13H13N3OS/c1-9-4-2-3-5-11(9)18-12-8-10(6-7-15-12)13(14)16-17/h2-8,17H,1H3,(H2,14,16). The van der Waals surface area contributed by atoms with Crippen molar-refractivity contribution >= 4 is 17.6 Å². The van der Waals surface area contributed by atoms with Crippen LogP contribution in [0.1, 0.15) is 11.1 Å². The second kappa shape index (κ2) is 5.55. The minimum atomic E-state index is 0.0871. The Hall–Kier alpha value is -2.01. The van der Waals surface area contributed by atoms with Crippen molar-refractivity contribution in [2.75, 3.05) is 0 Å². The molecule has 0 atom stereocenters. The third kappa shape index (κ3) is 2.81. The molecule has 0 radical (unpaired) electrons. The molecule has 18 heavy (non-hydrogen) atoms. The van der Waals surface area contributed by atoms with Crippen LogP contribution in [0, 0.1) is 6.92 Å². The van der Waals surface area contributed by atoms with E-state index in [0.717, 1.165) is 9.92 Å². The van der Waals surface area contributed by atoms with Gasteiger partial charge in [0.1, 0.15) is 5.03 Å². The summed E-state index contributed by atoms with van der Waals surface area (Å²) in [7, 11) is 0. The maximum Gasteiger partial charge on any atom is 0.170 e. The number of nitrogens with two attached hydrogens (primary N) is 1. The largest absolute Gasteiger partial charge is 0.409 e. The molecule has 0 spiro atoms. The number of amidine groups is 1. The Morgan fingerprint density at radius 2 is 2.11 bits per heavy atom. The third-order valence-corrected chi connectivity index (χ3v) is 3.56. The molecule has 2 rings (SSSR count). The van der Waals surface area contributed by atoms with Crippen LogP contribution in [0.25, 0.3) is 0 Å². The molecule has 4 nitrogen and oxygen atoms in total. The van der Waals surface area contributed by atoms with Gasteiger partial charge in [0.25, 0.3) is 0 Å². The average Bonchev–Trinajstić information content (AvgIpc) is 2.41. The number of aromatic nitrogens is 1. The van der Waals surface area contributed by atoms with E-state index in [-0.39, 0.29) is 5.84 Å². The Balaban J connectivity index is 2.28. The molecule has 0 bridgehead atoms. The fraction of sp³-hybridized carbons (Fsp3) is 0.0769. The highest BCUT2D eigenvalue weighted by Crippen LogP contribution is 2.28. The fourth-order valence-corrected chi connectivity index (χ4v) is 2.37. The smallest absolute Gasteiger partial charge is 0.170 e. The minimum Gasteiger partial charge on any atom is -0.409 e. The highest BCUT2D eigenvalue weighted by Gasteiger charge is 2.05. The van der Waals surface area contributed by atoms with Crippen LogP contribution in [-0.2, 0) is 0 Å². The van der Waals surface area contributed by atoms with Crippen LogP contribution in [-0.4, -0.2) is 16.0 Å². The zero-order valence-corrected chi connectivity index (χ0v) is 10.7. The minimum absolute atomic E-state index is 0.0871. The fourth-order valence-electron chi connectivity index (χ4n) is 1.47. The van der Waals surface area contributed by atoms with E-state index in [1.54, 1.807) is 30.1 Å². The summed E-state index contributed by atoms with van der Waals surface area (Å²) in [5.41, 5.74) is 7.40. The second-order valence-electron chi connectivity index (χ2n) is 3.74. The molecule has 0 amide bonds. The van der Waals surface area contributed by atoms with Gasteiger partial charge in [-0.1, -0.05) is 35.1 Å². The lowest BCUT2D eigenvalue weighted by atomic mass is 10.2. The van der Waals surface area contributed by atoms with Crippen molar-refractivity contribution in [1.29, 1.82) is 0 Å². The van der Waals surface area contributed by atoms with Gasteiger partial charge in [-0.25, -0.2) is 4.98 Å². The van der Waals surface area contributed by atoms with Gasteiger partial charge in [-0.3, -0.25) is 0 Å². The average molecular weight is 259 g/mol. The normalized spacial score (nSPS) is 11.5. The molecule has 1 aromatic heterocycles. The van der Waals surface area contributed by atoms with Crippen LogP contribution in [0.15, 0.2) is 57.7 Å². The number of rotatable bonds is 3. The molecule has 1 heterocycles. The van der Waals surface area contributed by atoms with E-state index < -0.39 is 0 Å². The lowest BCUT2D eigenvalue weighted by Crippen LogP contribution is -2.13. The predicted molar refractivity (Wildman–Crippen MR) is 72.0 cm³/mol. The lowest BCUT2D eigenvalue weighted by Gasteiger charge is -2.05. The molecule has 5 heteroatoms. The summed E-state index contributed by atoms with van der Waals surface area (Å²) in [4.78, 5) is 5.40. The lowest BCUT2D eigenvalue weighted by molar-refractivity contribution is 0.318. The molecule has 0 aliphatic heterocycles. The zero-order valence-electron chi connectivity index (χ0n) is 9.87. The Kier molecular flexibility index (Phi) is 3.84. The van der Waals surface area contributed by atoms with Gasteiger partial charge in [-0.15, -0.1) is 0 Å². The SMILES string of the molecule is Cc1ccccc1Sc1cc(/C(N)=N/O)ccn1. The van der Waals surface area contributed by atoms with E-state index in [1.807, 2.05) is 18.2 Å². The van der Waals surface area contributed by atoms with Gasteiger partial charge in [-0.2, -0.15) is 0 Å². The summed E-state index contributed by atoms with van der Waals surface area (Å²) in [6.45, 7) is 2.05. The maximum absolute atomic E-state index is 8.65. The van der Waals surface area contributed by atoms with Crippen molar-refractivity contribution in [2.45, 2.75) is 16.8 Å². The van der Waals surface area contributed by atoms with Crippen molar-refractivity contribution in [2.24, 2.45) is 10.9 Å². The molecule has 0 aliphatic rings. The molecule has 3 N–H and O–H groups in total.